The highest BCUT2D eigenvalue weighted by atomic mass is 35.5. The maximum Gasteiger partial charge on any atom is 0.239 e. The first-order valence-electron chi connectivity index (χ1n) is 6.83. The fourth-order valence-electron chi connectivity index (χ4n) is 2.04. The van der Waals surface area contributed by atoms with Gasteiger partial charge in [-0.25, -0.2) is 0 Å². The molecule has 4 nitrogen and oxygen atoms in total. The molecular weight excluding hydrogens is 311 g/mol. The number of rotatable bonds is 6. The van der Waals surface area contributed by atoms with E-state index in [4.69, 9.17) is 23.2 Å². The Labute approximate surface area is 136 Å². The molecule has 0 bridgehead atoms. The van der Waals surface area contributed by atoms with Gasteiger partial charge in [0.25, 0.3) is 0 Å². The molecule has 0 aliphatic carbocycles. The lowest BCUT2D eigenvalue weighted by atomic mass is 10.0. The van der Waals surface area contributed by atoms with Gasteiger partial charge in [0, 0.05) is 31.2 Å². The Morgan fingerprint density at radius 2 is 1.95 bits per heavy atom. The number of carbonyl (C=O) groups excluding carboxylic acids is 1. The van der Waals surface area contributed by atoms with E-state index in [1.54, 1.807) is 25.1 Å². The van der Waals surface area contributed by atoms with Crippen molar-refractivity contribution in [3.05, 3.63) is 27.7 Å². The summed E-state index contributed by atoms with van der Waals surface area (Å²) in [4.78, 5) is 13.7. The summed E-state index contributed by atoms with van der Waals surface area (Å²) in [6.45, 7) is 4.44. The number of benzene rings is 1. The molecule has 1 aromatic rings. The van der Waals surface area contributed by atoms with Gasteiger partial charge in [0.1, 0.15) is 5.75 Å². The molecule has 0 saturated carbocycles. The zero-order valence-electron chi connectivity index (χ0n) is 12.8. The molecule has 6 heteroatoms. The van der Waals surface area contributed by atoms with E-state index < -0.39 is 0 Å². The van der Waals surface area contributed by atoms with Crippen LogP contribution in [0, 0.1) is 5.92 Å². The number of phenols is 1. The number of amides is 1. The highest BCUT2D eigenvalue weighted by molar-refractivity contribution is 6.35. The van der Waals surface area contributed by atoms with Crippen molar-refractivity contribution < 1.29 is 9.90 Å². The van der Waals surface area contributed by atoms with E-state index in [1.807, 2.05) is 0 Å². The molecule has 1 rings (SSSR count). The van der Waals surface area contributed by atoms with Gasteiger partial charge in [-0.05, 0) is 24.5 Å². The summed E-state index contributed by atoms with van der Waals surface area (Å²) in [5, 5.41) is 13.8. The van der Waals surface area contributed by atoms with Crippen molar-refractivity contribution in [1.29, 1.82) is 0 Å². The van der Waals surface area contributed by atoms with Crippen LogP contribution in [0.15, 0.2) is 12.1 Å². The van der Waals surface area contributed by atoms with Gasteiger partial charge >= 0.3 is 0 Å². The number of nitrogens with one attached hydrogen (secondary N) is 1. The van der Waals surface area contributed by atoms with Gasteiger partial charge in [0.05, 0.1) is 11.1 Å². The van der Waals surface area contributed by atoms with Gasteiger partial charge in [-0.2, -0.15) is 0 Å². The minimum absolute atomic E-state index is 0.00540. The predicted molar refractivity (Wildman–Crippen MR) is 86.9 cm³/mol. The van der Waals surface area contributed by atoms with E-state index in [1.165, 1.54) is 6.07 Å². The van der Waals surface area contributed by atoms with Crippen molar-refractivity contribution in [2.24, 2.45) is 5.92 Å². The summed E-state index contributed by atoms with van der Waals surface area (Å²) in [6, 6.07) is 2.82. The smallest absolute Gasteiger partial charge is 0.239 e. The lowest BCUT2D eigenvalue weighted by Crippen LogP contribution is -2.44. The Morgan fingerprint density at radius 1 is 1.33 bits per heavy atom. The van der Waals surface area contributed by atoms with E-state index in [2.05, 4.69) is 19.2 Å². The van der Waals surface area contributed by atoms with Crippen molar-refractivity contribution in [1.82, 2.24) is 10.2 Å². The van der Waals surface area contributed by atoms with Gasteiger partial charge < -0.3 is 15.3 Å². The third-order valence-electron chi connectivity index (χ3n) is 3.09. The molecule has 1 aromatic carbocycles. The number of phenolic OH excluding ortho intramolecular Hbond substituents is 1. The van der Waals surface area contributed by atoms with Crippen molar-refractivity contribution in [2.45, 2.75) is 32.9 Å². The summed E-state index contributed by atoms with van der Waals surface area (Å²) >= 11 is 11.8. The van der Waals surface area contributed by atoms with Gasteiger partial charge in [-0.3, -0.25) is 4.79 Å². The second kappa shape index (κ2) is 7.87. The second-order valence-corrected chi connectivity index (χ2v) is 6.53. The van der Waals surface area contributed by atoms with Crippen LogP contribution in [0.4, 0.5) is 0 Å². The minimum atomic E-state index is -0.308. The molecule has 0 aromatic heterocycles. The van der Waals surface area contributed by atoms with Crippen molar-refractivity contribution in [3.8, 4) is 5.75 Å². The Balaban J connectivity index is 2.84. The third-order valence-corrected chi connectivity index (χ3v) is 3.60. The van der Waals surface area contributed by atoms with Gasteiger partial charge in [-0.15, -0.1) is 0 Å². The fraction of sp³-hybridized carbons (Fsp3) is 0.533. The van der Waals surface area contributed by atoms with Crippen LogP contribution >= 0.6 is 23.2 Å². The van der Waals surface area contributed by atoms with Crippen LogP contribution in [-0.4, -0.2) is 36.1 Å². The Kier molecular flexibility index (Phi) is 6.78. The van der Waals surface area contributed by atoms with Crippen LogP contribution in [0.2, 0.25) is 10.0 Å². The first kappa shape index (κ1) is 18.1. The highest BCUT2D eigenvalue weighted by Gasteiger charge is 2.21. The Hall–Kier alpha value is -0.970. The molecule has 0 spiro atoms. The lowest BCUT2D eigenvalue weighted by Gasteiger charge is -2.23. The standard InChI is InChI=1S/C15H22Cl2N2O2/c1-9(2)5-13(15(21)19(3)4)18-8-10-6-11(16)7-12(17)14(10)20/h6-7,9,13,18,20H,5,8H2,1-4H3. The summed E-state index contributed by atoms with van der Waals surface area (Å²) in [6.07, 6.45) is 0.714. The maximum atomic E-state index is 12.2. The molecule has 0 aliphatic heterocycles. The number of halogens is 2. The van der Waals surface area contributed by atoms with Crippen LogP contribution in [0.5, 0.6) is 5.75 Å². The van der Waals surface area contributed by atoms with Crippen LogP contribution in [0.3, 0.4) is 0 Å². The maximum absolute atomic E-state index is 12.2. The number of hydrogen-bond donors (Lipinski definition) is 2. The molecule has 1 amide bonds. The lowest BCUT2D eigenvalue weighted by molar-refractivity contribution is -0.131. The van der Waals surface area contributed by atoms with Gasteiger partial charge in [0.2, 0.25) is 5.91 Å². The first-order valence-corrected chi connectivity index (χ1v) is 7.59. The molecule has 118 valence electrons. The van der Waals surface area contributed by atoms with E-state index in [-0.39, 0.29) is 22.7 Å². The van der Waals surface area contributed by atoms with Crippen molar-refractivity contribution in [2.75, 3.05) is 14.1 Å². The Morgan fingerprint density at radius 3 is 2.48 bits per heavy atom. The first-order chi connectivity index (χ1) is 9.72. The SMILES string of the molecule is CC(C)CC(NCc1cc(Cl)cc(Cl)c1O)C(=O)N(C)C. The molecule has 1 unspecified atom stereocenters. The number of hydrogen-bond acceptors (Lipinski definition) is 3. The summed E-state index contributed by atoms with van der Waals surface area (Å²) in [5.74, 6) is 0.383. The molecule has 2 N–H and O–H groups in total. The molecule has 0 heterocycles. The van der Waals surface area contributed by atoms with Crippen LogP contribution in [0.1, 0.15) is 25.8 Å². The quantitative estimate of drug-likeness (QED) is 0.840. The highest BCUT2D eigenvalue weighted by Crippen LogP contribution is 2.31. The predicted octanol–water partition coefficient (Wildman–Crippen LogP) is 3.29. The Bertz CT molecular complexity index is 505. The number of likely N-dealkylation sites (N-methyl/N-ethyl adjacent to an activating group) is 1. The van der Waals surface area contributed by atoms with E-state index in [0.29, 0.717) is 29.5 Å². The van der Waals surface area contributed by atoms with Crippen molar-refractivity contribution in [3.63, 3.8) is 0 Å². The molecule has 21 heavy (non-hydrogen) atoms. The fourth-order valence-corrected chi connectivity index (χ4v) is 2.58. The monoisotopic (exact) mass is 332 g/mol. The van der Waals surface area contributed by atoms with Crippen LogP contribution in [-0.2, 0) is 11.3 Å². The van der Waals surface area contributed by atoms with Crippen molar-refractivity contribution >= 4 is 29.1 Å². The molecule has 0 saturated heterocycles. The topological polar surface area (TPSA) is 52.6 Å². The van der Waals surface area contributed by atoms with Gasteiger partial charge in [-0.1, -0.05) is 37.0 Å². The third kappa shape index (κ3) is 5.38. The van der Waals surface area contributed by atoms with Crippen LogP contribution in [0.25, 0.3) is 0 Å². The number of nitrogens with zero attached hydrogens (tertiary/aromatic N) is 1. The summed E-state index contributed by atoms with van der Waals surface area (Å²) < 4.78 is 0. The van der Waals surface area contributed by atoms with Gasteiger partial charge in [0.15, 0.2) is 0 Å². The largest absolute Gasteiger partial charge is 0.506 e. The zero-order chi connectivity index (χ0) is 16.2. The molecule has 0 radical (unpaired) electrons. The van der Waals surface area contributed by atoms with Crippen LogP contribution < -0.4 is 5.32 Å². The zero-order valence-corrected chi connectivity index (χ0v) is 14.3. The van der Waals surface area contributed by atoms with E-state index >= 15 is 0 Å². The summed E-state index contributed by atoms with van der Waals surface area (Å²) in [7, 11) is 3.45. The normalized spacial score (nSPS) is 12.5. The average molecular weight is 333 g/mol. The molecule has 1 atom stereocenters. The van der Waals surface area contributed by atoms with E-state index in [0.717, 1.165) is 0 Å². The van der Waals surface area contributed by atoms with E-state index in [9.17, 15) is 9.90 Å². The second-order valence-electron chi connectivity index (χ2n) is 5.69. The molecule has 0 aliphatic rings. The molecular formula is C15H22Cl2N2O2. The number of carbonyl (C=O) groups is 1. The average Bonchev–Trinajstić information content (AvgIpc) is 2.38. The number of aromatic hydroxyl groups is 1. The summed E-state index contributed by atoms with van der Waals surface area (Å²) in [5.41, 5.74) is 0.577. The minimum Gasteiger partial charge on any atom is -0.506 e. The molecule has 0 fully saturated rings.